The molecule has 2 unspecified atom stereocenters. The fourth-order valence-corrected chi connectivity index (χ4v) is 4.88. The molecular weight excluding hydrogens is 462 g/mol. The summed E-state index contributed by atoms with van der Waals surface area (Å²) in [5.41, 5.74) is 3.36. The van der Waals surface area contributed by atoms with Gasteiger partial charge in [-0.25, -0.2) is 0 Å². The van der Waals surface area contributed by atoms with Crippen LogP contribution in [0.5, 0.6) is 5.75 Å². The van der Waals surface area contributed by atoms with Gasteiger partial charge in [0.1, 0.15) is 5.75 Å². The molecular formula is C31H29N3O3. The summed E-state index contributed by atoms with van der Waals surface area (Å²) in [4.78, 5) is 0. The van der Waals surface area contributed by atoms with Crippen molar-refractivity contribution in [3.63, 3.8) is 0 Å². The van der Waals surface area contributed by atoms with Gasteiger partial charge in [-0.15, -0.1) is 10.2 Å². The summed E-state index contributed by atoms with van der Waals surface area (Å²) in [6.45, 7) is 2.66. The van der Waals surface area contributed by atoms with E-state index < -0.39 is 0 Å². The Kier molecular flexibility index (Phi) is 6.92. The van der Waals surface area contributed by atoms with E-state index in [4.69, 9.17) is 13.9 Å². The zero-order chi connectivity index (χ0) is 24.9. The molecule has 1 saturated heterocycles. The van der Waals surface area contributed by atoms with Crippen molar-refractivity contribution in [1.29, 1.82) is 0 Å². The van der Waals surface area contributed by atoms with E-state index in [1.165, 1.54) is 21.9 Å². The van der Waals surface area contributed by atoms with E-state index in [1.54, 1.807) is 0 Å². The highest BCUT2D eigenvalue weighted by molar-refractivity contribution is 5.82. The summed E-state index contributed by atoms with van der Waals surface area (Å²) in [7, 11) is 0. The van der Waals surface area contributed by atoms with Gasteiger partial charge in [0.25, 0.3) is 5.89 Å². The number of hydrogen-bond donors (Lipinski definition) is 1. The highest BCUT2D eigenvalue weighted by atomic mass is 16.5. The minimum absolute atomic E-state index is 0.113. The van der Waals surface area contributed by atoms with Crippen LogP contribution < -0.4 is 10.1 Å². The Labute approximate surface area is 216 Å². The number of fused-ring (bicyclic) bond motifs is 1. The monoisotopic (exact) mass is 491 g/mol. The van der Waals surface area contributed by atoms with E-state index in [0.717, 1.165) is 30.8 Å². The largest absolute Gasteiger partial charge is 0.484 e. The number of piperidine rings is 1. The predicted molar refractivity (Wildman–Crippen MR) is 143 cm³/mol. The van der Waals surface area contributed by atoms with Crippen LogP contribution in [0.3, 0.4) is 0 Å². The third-order valence-electron chi connectivity index (χ3n) is 6.86. The molecule has 2 atom stereocenters. The van der Waals surface area contributed by atoms with Gasteiger partial charge >= 0.3 is 0 Å². The predicted octanol–water partition coefficient (Wildman–Crippen LogP) is 6.13. The van der Waals surface area contributed by atoms with E-state index >= 15 is 0 Å². The maximum atomic E-state index is 6.44. The van der Waals surface area contributed by atoms with E-state index in [0.29, 0.717) is 24.3 Å². The van der Waals surface area contributed by atoms with Crippen molar-refractivity contribution in [3.05, 3.63) is 114 Å². The first kappa shape index (κ1) is 23.4. The maximum Gasteiger partial charge on any atom is 0.254 e. The number of hydrogen-bond acceptors (Lipinski definition) is 6. The van der Waals surface area contributed by atoms with Crippen LogP contribution in [0.15, 0.2) is 101 Å². The van der Waals surface area contributed by atoms with E-state index in [2.05, 4.69) is 70.1 Å². The van der Waals surface area contributed by atoms with Crippen molar-refractivity contribution in [1.82, 2.24) is 15.5 Å². The second kappa shape index (κ2) is 10.9. The molecule has 6 heteroatoms. The van der Waals surface area contributed by atoms with Crippen LogP contribution in [0.25, 0.3) is 22.2 Å². The molecule has 37 heavy (non-hydrogen) atoms. The van der Waals surface area contributed by atoms with Crippen LogP contribution in [0.1, 0.15) is 29.4 Å². The summed E-state index contributed by atoms with van der Waals surface area (Å²) in [5.74, 6) is 2.05. The van der Waals surface area contributed by atoms with E-state index in [9.17, 15) is 0 Å². The number of rotatable bonds is 8. The topological polar surface area (TPSA) is 69.4 Å². The van der Waals surface area contributed by atoms with Crippen molar-refractivity contribution in [2.24, 2.45) is 0 Å². The Morgan fingerprint density at radius 1 is 0.811 bits per heavy atom. The second-order valence-electron chi connectivity index (χ2n) is 9.35. The first-order valence-corrected chi connectivity index (χ1v) is 12.7. The number of nitrogens with zero attached hydrogens (tertiary/aromatic N) is 2. The highest BCUT2D eigenvalue weighted by Crippen LogP contribution is 2.30. The Balaban J connectivity index is 1.07. The Morgan fingerprint density at radius 3 is 2.49 bits per heavy atom. The minimum Gasteiger partial charge on any atom is -0.484 e. The Hall–Kier alpha value is -4.00. The lowest BCUT2D eigenvalue weighted by molar-refractivity contribution is 0.0106. The molecule has 1 N–H and O–H groups in total. The van der Waals surface area contributed by atoms with Crippen LogP contribution in [-0.4, -0.2) is 29.4 Å². The molecule has 0 amide bonds. The van der Waals surface area contributed by atoms with Crippen molar-refractivity contribution in [2.75, 3.05) is 13.1 Å². The van der Waals surface area contributed by atoms with Crippen molar-refractivity contribution < 1.29 is 13.9 Å². The molecule has 1 aliphatic heterocycles. The van der Waals surface area contributed by atoms with Gasteiger partial charge in [0.2, 0.25) is 5.89 Å². The maximum absolute atomic E-state index is 6.44. The van der Waals surface area contributed by atoms with Gasteiger partial charge in [0, 0.05) is 18.0 Å². The van der Waals surface area contributed by atoms with Gasteiger partial charge in [0.15, 0.2) is 6.61 Å². The molecule has 186 valence electrons. The summed E-state index contributed by atoms with van der Waals surface area (Å²) < 4.78 is 18.1. The lowest BCUT2D eigenvalue weighted by Crippen LogP contribution is -2.40. The SMILES string of the molecule is c1ccc(-c2nnc(COc3ccc(C4CCNCC4OCc4ccc5ccccc5c4)cc3)o2)cc1. The number of nitrogens with one attached hydrogen (secondary N) is 1. The zero-order valence-electron chi connectivity index (χ0n) is 20.5. The van der Waals surface area contributed by atoms with Gasteiger partial charge < -0.3 is 19.2 Å². The van der Waals surface area contributed by atoms with Crippen LogP contribution in [-0.2, 0) is 18.0 Å². The first-order chi connectivity index (χ1) is 18.3. The van der Waals surface area contributed by atoms with Gasteiger partial charge in [0.05, 0.1) is 12.7 Å². The molecule has 4 aromatic carbocycles. The Morgan fingerprint density at radius 2 is 1.62 bits per heavy atom. The standard InChI is InChI=1S/C31H29N3O3/c1-2-7-25(8-3-1)31-34-33-30(37-31)21-35-27-14-12-24(13-15-27)28-16-17-32-19-29(28)36-20-22-10-11-23-6-4-5-9-26(23)18-22/h1-15,18,28-29,32H,16-17,19-21H2. The Bertz CT molecular complexity index is 1450. The normalized spacial score (nSPS) is 17.6. The quantitative estimate of drug-likeness (QED) is 0.282. The van der Waals surface area contributed by atoms with E-state index in [-0.39, 0.29) is 12.7 Å². The third-order valence-corrected chi connectivity index (χ3v) is 6.86. The number of benzene rings is 4. The smallest absolute Gasteiger partial charge is 0.254 e. The summed E-state index contributed by atoms with van der Waals surface area (Å²) in [6, 6.07) is 33.0. The average molecular weight is 492 g/mol. The molecule has 0 radical (unpaired) electrons. The van der Waals surface area contributed by atoms with Gasteiger partial charge in [-0.05, 0) is 65.2 Å². The molecule has 0 saturated carbocycles. The third kappa shape index (κ3) is 5.56. The summed E-state index contributed by atoms with van der Waals surface area (Å²) >= 11 is 0. The fourth-order valence-electron chi connectivity index (χ4n) is 4.88. The molecule has 0 bridgehead atoms. The molecule has 2 heterocycles. The molecule has 5 aromatic rings. The average Bonchev–Trinajstić information content (AvgIpc) is 3.45. The molecule has 0 spiro atoms. The van der Waals surface area contributed by atoms with Crippen LogP contribution in [0.2, 0.25) is 0 Å². The minimum atomic E-state index is 0.113. The van der Waals surface area contributed by atoms with Crippen molar-refractivity contribution >= 4 is 10.8 Å². The molecule has 1 fully saturated rings. The summed E-state index contributed by atoms with van der Waals surface area (Å²) in [5, 5.41) is 14.2. The van der Waals surface area contributed by atoms with E-state index in [1.807, 2.05) is 42.5 Å². The lowest BCUT2D eigenvalue weighted by atomic mass is 9.87. The number of aromatic nitrogens is 2. The molecule has 1 aliphatic rings. The van der Waals surface area contributed by atoms with Crippen molar-refractivity contribution in [3.8, 4) is 17.2 Å². The molecule has 1 aromatic heterocycles. The van der Waals surface area contributed by atoms with Crippen molar-refractivity contribution in [2.45, 2.75) is 31.7 Å². The van der Waals surface area contributed by atoms with Crippen LogP contribution in [0.4, 0.5) is 0 Å². The summed E-state index contributed by atoms with van der Waals surface area (Å²) in [6.07, 6.45) is 1.15. The molecule has 6 rings (SSSR count). The highest BCUT2D eigenvalue weighted by Gasteiger charge is 2.27. The zero-order valence-corrected chi connectivity index (χ0v) is 20.5. The first-order valence-electron chi connectivity index (χ1n) is 12.7. The molecule has 6 nitrogen and oxygen atoms in total. The van der Waals surface area contributed by atoms with Crippen LogP contribution >= 0.6 is 0 Å². The van der Waals surface area contributed by atoms with Gasteiger partial charge in [-0.2, -0.15) is 0 Å². The molecule has 0 aliphatic carbocycles. The second-order valence-corrected chi connectivity index (χ2v) is 9.35. The van der Waals surface area contributed by atoms with Gasteiger partial charge in [-0.1, -0.05) is 66.7 Å². The van der Waals surface area contributed by atoms with Gasteiger partial charge in [-0.3, -0.25) is 0 Å². The number of ether oxygens (including phenoxy) is 2. The lowest BCUT2D eigenvalue weighted by Gasteiger charge is -2.32. The van der Waals surface area contributed by atoms with Crippen LogP contribution in [0, 0.1) is 0 Å². The fraction of sp³-hybridized carbons (Fsp3) is 0.226.